The van der Waals surface area contributed by atoms with Crippen LogP contribution in [0.4, 0.5) is 11.4 Å². The molecule has 6 heteroatoms. The minimum absolute atomic E-state index is 0.0160. The van der Waals surface area contributed by atoms with Crippen LogP contribution in [0.2, 0.25) is 0 Å². The molecule has 1 aromatic rings. The van der Waals surface area contributed by atoms with Gasteiger partial charge in [0.25, 0.3) is 0 Å². The van der Waals surface area contributed by atoms with Gasteiger partial charge in [-0.25, -0.2) is 0 Å². The minimum atomic E-state index is -0.405. The average molecular weight is 292 g/mol. The molecule has 0 N–H and O–H groups in total. The van der Waals surface area contributed by atoms with Gasteiger partial charge in [-0.1, -0.05) is 6.07 Å². The van der Waals surface area contributed by atoms with Crippen LogP contribution in [0.25, 0.3) is 0 Å². The Labute approximate surface area is 123 Å². The summed E-state index contributed by atoms with van der Waals surface area (Å²) in [6, 6.07) is 5.09. The first-order valence-electron chi connectivity index (χ1n) is 7.17. The third-order valence-electron chi connectivity index (χ3n) is 3.51. The summed E-state index contributed by atoms with van der Waals surface area (Å²) >= 11 is 0. The summed E-state index contributed by atoms with van der Waals surface area (Å²) in [4.78, 5) is 23.9. The highest BCUT2D eigenvalue weighted by atomic mass is 16.6. The van der Waals surface area contributed by atoms with E-state index in [4.69, 9.17) is 4.74 Å². The number of nitro benzene ring substituents is 1. The van der Waals surface area contributed by atoms with Crippen LogP contribution in [0, 0.1) is 16.0 Å². The van der Waals surface area contributed by atoms with E-state index in [1.54, 1.807) is 18.2 Å². The van der Waals surface area contributed by atoms with Gasteiger partial charge in [0.15, 0.2) is 5.75 Å². The monoisotopic (exact) mass is 292 g/mol. The number of anilines is 1. The molecule has 114 valence electrons. The number of nitro groups is 1. The SMILES string of the molecule is CC(C)Oc1cccc(N2CCCC(C=O)C2)c1[N+](=O)[O-]. The van der Waals surface area contributed by atoms with Gasteiger partial charge in [-0.2, -0.15) is 0 Å². The highest BCUT2D eigenvalue weighted by Crippen LogP contribution is 2.39. The van der Waals surface area contributed by atoms with Crippen molar-refractivity contribution in [2.24, 2.45) is 5.92 Å². The average Bonchev–Trinajstić information content (AvgIpc) is 2.46. The van der Waals surface area contributed by atoms with E-state index in [0.717, 1.165) is 25.7 Å². The zero-order valence-electron chi connectivity index (χ0n) is 12.3. The lowest BCUT2D eigenvalue weighted by atomic mass is 9.99. The van der Waals surface area contributed by atoms with E-state index in [2.05, 4.69) is 0 Å². The molecule has 1 aromatic carbocycles. The van der Waals surface area contributed by atoms with Gasteiger partial charge in [-0.3, -0.25) is 10.1 Å². The smallest absolute Gasteiger partial charge is 0.333 e. The Balaban J connectivity index is 2.38. The number of piperidine rings is 1. The molecule has 0 saturated carbocycles. The summed E-state index contributed by atoms with van der Waals surface area (Å²) in [7, 11) is 0. The normalized spacial score (nSPS) is 18.6. The summed E-state index contributed by atoms with van der Waals surface area (Å²) in [6.07, 6.45) is 2.50. The number of carbonyl (C=O) groups is 1. The van der Waals surface area contributed by atoms with Crippen molar-refractivity contribution in [2.45, 2.75) is 32.8 Å². The molecule has 0 amide bonds. The van der Waals surface area contributed by atoms with Crippen LogP contribution < -0.4 is 9.64 Å². The first-order chi connectivity index (χ1) is 10.0. The lowest BCUT2D eigenvalue weighted by molar-refractivity contribution is -0.385. The fourth-order valence-electron chi connectivity index (χ4n) is 2.64. The number of nitrogens with zero attached hydrogens (tertiary/aromatic N) is 2. The zero-order chi connectivity index (χ0) is 15.4. The van der Waals surface area contributed by atoms with Crippen molar-refractivity contribution in [3.8, 4) is 5.75 Å². The molecular weight excluding hydrogens is 272 g/mol. The summed E-state index contributed by atoms with van der Waals surface area (Å²) in [5.41, 5.74) is 0.516. The van der Waals surface area contributed by atoms with Gasteiger partial charge in [0, 0.05) is 19.0 Å². The van der Waals surface area contributed by atoms with Gasteiger partial charge >= 0.3 is 5.69 Å². The van der Waals surface area contributed by atoms with Gasteiger partial charge in [0.05, 0.1) is 11.0 Å². The second-order valence-electron chi connectivity index (χ2n) is 5.53. The molecule has 1 saturated heterocycles. The molecule has 1 atom stereocenters. The van der Waals surface area contributed by atoms with Crippen LogP contribution in [-0.4, -0.2) is 30.4 Å². The fourth-order valence-corrected chi connectivity index (χ4v) is 2.64. The maximum absolute atomic E-state index is 11.4. The largest absolute Gasteiger partial charge is 0.484 e. The Hall–Kier alpha value is -2.11. The predicted octanol–water partition coefficient (Wildman–Crippen LogP) is 2.80. The molecule has 0 spiro atoms. The van der Waals surface area contributed by atoms with Crippen molar-refractivity contribution < 1.29 is 14.5 Å². The maximum atomic E-state index is 11.4. The number of rotatable bonds is 5. The minimum Gasteiger partial charge on any atom is -0.484 e. The van der Waals surface area contributed by atoms with Crippen LogP contribution in [-0.2, 0) is 4.79 Å². The second kappa shape index (κ2) is 6.56. The molecule has 0 aliphatic carbocycles. The van der Waals surface area contributed by atoms with Crippen molar-refractivity contribution in [3.63, 3.8) is 0 Å². The third kappa shape index (κ3) is 3.51. The van der Waals surface area contributed by atoms with E-state index in [1.807, 2.05) is 18.7 Å². The lowest BCUT2D eigenvalue weighted by Gasteiger charge is -2.32. The van der Waals surface area contributed by atoms with Crippen LogP contribution in [0.3, 0.4) is 0 Å². The van der Waals surface area contributed by atoms with E-state index >= 15 is 0 Å². The van der Waals surface area contributed by atoms with Crippen molar-refractivity contribution in [3.05, 3.63) is 28.3 Å². The Morgan fingerprint density at radius 3 is 2.86 bits per heavy atom. The lowest BCUT2D eigenvalue weighted by Crippen LogP contribution is -2.36. The van der Waals surface area contributed by atoms with Crippen molar-refractivity contribution >= 4 is 17.7 Å². The molecule has 2 rings (SSSR count). The standard InChI is InChI=1S/C15H20N2O4/c1-11(2)21-14-7-3-6-13(15(14)17(19)20)16-8-4-5-12(9-16)10-18/h3,6-7,10-12H,4-5,8-9H2,1-2H3. The maximum Gasteiger partial charge on any atom is 0.333 e. The fraction of sp³-hybridized carbons (Fsp3) is 0.533. The summed E-state index contributed by atoms with van der Waals surface area (Å²) in [5, 5.41) is 11.4. The number of hydrogen-bond donors (Lipinski definition) is 0. The molecule has 1 aliphatic heterocycles. The second-order valence-corrected chi connectivity index (χ2v) is 5.53. The molecule has 6 nitrogen and oxygen atoms in total. The quantitative estimate of drug-likeness (QED) is 0.474. The molecule has 1 unspecified atom stereocenters. The number of ether oxygens (including phenoxy) is 1. The third-order valence-corrected chi connectivity index (χ3v) is 3.51. The molecule has 0 aromatic heterocycles. The predicted molar refractivity (Wildman–Crippen MR) is 79.9 cm³/mol. The van der Waals surface area contributed by atoms with Crippen LogP contribution >= 0.6 is 0 Å². The van der Waals surface area contributed by atoms with Crippen LogP contribution in [0.5, 0.6) is 5.75 Å². The van der Waals surface area contributed by atoms with Gasteiger partial charge in [-0.05, 0) is 38.8 Å². The molecular formula is C15H20N2O4. The Kier molecular flexibility index (Phi) is 4.77. The number of aldehydes is 1. The zero-order valence-corrected chi connectivity index (χ0v) is 12.3. The number of benzene rings is 1. The first kappa shape index (κ1) is 15.3. The van der Waals surface area contributed by atoms with Gasteiger partial charge in [0.1, 0.15) is 12.0 Å². The van der Waals surface area contributed by atoms with E-state index in [9.17, 15) is 14.9 Å². The van der Waals surface area contributed by atoms with Crippen LogP contribution in [0.1, 0.15) is 26.7 Å². The Morgan fingerprint density at radius 2 is 2.24 bits per heavy atom. The molecule has 1 aliphatic rings. The van der Waals surface area contributed by atoms with Crippen molar-refractivity contribution in [1.82, 2.24) is 0 Å². The highest BCUT2D eigenvalue weighted by molar-refractivity contribution is 5.70. The number of carbonyl (C=O) groups excluding carboxylic acids is 1. The summed E-state index contributed by atoms with van der Waals surface area (Å²) in [6.45, 7) is 4.91. The van der Waals surface area contributed by atoms with Gasteiger partial charge in [-0.15, -0.1) is 0 Å². The van der Waals surface area contributed by atoms with E-state index in [0.29, 0.717) is 12.2 Å². The van der Waals surface area contributed by atoms with Gasteiger partial charge < -0.3 is 14.4 Å². The molecule has 21 heavy (non-hydrogen) atoms. The number of para-hydroxylation sites is 1. The Morgan fingerprint density at radius 1 is 1.48 bits per heavy atom. The van der Waals surface area contributed by atoms with Gasteiger partial charge in [0.2, 0.25) is 0 Å². The molecule has 0 bridgehead atoms. The van der Waals surface area contributed by atoms with Crippen molar-refractivity contribution in [2.75, 3.05) is 18.0 Å². The summed E-state index contributed by atoms with van der Waals surface area (Å²) in [5.74, 6) is 0.216. The number of hydrogen-bond acceptors (Lipinski definition) is 5. The molecule has 1 heterocycles. The summed E-state index contributed by atoms with van der Waals surface area (Å²) < 4.78 is 5.55. The van der Waals surface area contributed by atoms with E-state index in [1.165, 1.54) is 0 Å². The highest BCUT2D eigenvalue weighted by Gasteiger charge is 2.28. The first-order valence-corrected chi connectivity index (χ1v) is 7.17. The van der Waals surface area contributed by atoms with Crippen molar-refractivity contribution in [1.29, 1.82) is 0 Å². The molecule has 0 radical (unpaired) electrons. The van der Waals surface area contributed by atoms with E-state index in [-0.39, 0.29) is 23.5 Å². The Bertz CT molecular complexity index is 530. The molecule has 1 fully saturated rings. The van der Waals surface area contributed by atoms with Crippen LogP contribution in [0.15, 0.2) is 18.2 Å². The topological polar surface area (TPSA) is 72.7 Å². The van der Waals surface area contributed by atoms with E-state index < -0.39 is 4.92 Å².